The van der Waals surface area contributed by atoms with Crippen molar-refractivity contribution in [3.8, 4) is 0 Å². The molecular formula is C15H20N2O. The minimum absolute atomic E-state index is 0.0485. The molecule has 1 amide bonds. The van der Waals surface area contributed by atoms with Crippen LogP contribution in [0.4, 0.5) is 0 Å². The molecule has 2 heterocycles. The monoisotopic (exact) mass is 244 g/mol. The maximum atomic E-state index is 12.2. The van der Waals surface area contributed by atoms with Gasteiger partial charge in [-0.25, -0.2) is 0 Å². The number of amides is 1. The minimum Gasteiger partial charge on any atom is -0.355 e. The van der Waals surface area contributed by atoms with E-state index in [9.17, 15) is 4.79 Å². The number of hydrogen-bond acceptors (Lipinski definition) is 2. The summed E-state index contributed by atoms with van der Waals surface area (Å²) in [6, 6.07) is 10.3. The van der Waals surface area contributed by atoms with Gasteiger partial charge in [0.2, 0.25) is 5.91 Å². The standard InChI is InChI=1S/C15H20N2O/c1-17-9-7-15(8-10-17)11-16-14(18)13(15)12-5-3-2-4-6-12/h2-6,13H,7-11H2,1H3,(H,16,18). The molecule has 2 aliphatic rings. The molecule has 2 saturated heterocycles. The molecule has 1 N–H and O–H groups in total. The Balaban J connectivity index is 1.93. The van der Waals surface area contributed by atoms with Crippen molar-refractivity contribution < 1.29 is 4.79 Å². The van der Waals surface area contributed by atoms with Crippen LogP contribution in [0.15, 0.2) is 30.3 Å². The summed E-state index contributed by atoms with van der Waals surface area (Å²) in [4.78, 5) is 14.6. The first kappa shape index (κ1) is 11.7. The van der Waals surface area contributed by atoms with Crippen LogP contribution in [0.3, 0.4) is 0 Å². The van der Waals surface area contributed by atoms with Gasteiger partial charge in [0.1, 0.15) is 0 Å². The molecule has 1 unspecified atom stereocenters. The highest BCUT2D eigenvalue weighted by Crippen LogP contribution is 2.47. The average molecular weight is 244 g/mol. The fourth-order valence-corrected chi connectivity index (χ4v) is 3.43. The van der Waals surface area contributed by atoms with Gasteiger partial charge in [-0.15, -0.1) is 0 Å². The zero-order valence-electron chi connectivity index (χ0n) is 10.9. The summed E-state index contributed by atoms with van der Waals surface area (Å²) in [6.45, 7) is 3.04. The van der Waals surface area contributed by atoms with E-state index in [1.54, 1.807) is 0 Å². The molecule has 1 aromatic carbocycles. The second-order valence-corrected chi connectivity index (χ2v) is 5.73. The Morgan fingerprint density at radius 2 is 1.89 bits per heavy atom. The maximum Gasteiger partial charge on any atom is 0.228 e. The Labute approximate surface area is 108 Å². The number of rotatable bonds is 1. The number of likely N-dealkylation sites (tertiary alicyclic amines) is 1. The van der Waals surface area contributed by atoms with E-state index in [0.717, 1.165) is 32.5 Å². The quantitative estimate of drug-likeness (QED) is 0.814. The number of nitrogens with zero attached hydrogens (tertiary/aromatic N) is 1. The van der Waals surface area contributed by atoms with E-state index in [0.29, 0.717) is 0 Å². The molecule has 2 aliphatic heterocycles. The summed E-state index contributed by atoms with van der Waals surface area (Å²) in [5.41, 5.74) is 1.32. The molecule has 3 rings (SSSR count). The molecule has 2 fully saturated rings. The lowest BCUT2D eigenvalue weighted by Crippen LogP contribution is -2.42. The molecule has 1 aromatic rings. The predicted octanol–water partition coefficient (Wildman–Crippen LogP) is 1.61. The van der Waals surface area contributed by atoms with E-state index < -0.39 is 0 Å². The second kappa shape index (κ2) is 4.39. The molecular weight excluding hydrogens is 224 g/mol. The van der Waals surface area contributed by atoms with Gasteiger partial charge in [0, 0.05) is 12.0 Å². The van der Waals surface area contributed by atoms with Crippen LogP contribution in [0.2, 0.25) is 0 Å². The molecule has 18 heavy (non-hydrogen) atoms. The third-order valence-corrected chi connectivity index (χ3v) is 4.60. The molecule has 0 aromatic heterocycles. The number of carbonyl (C=O) groups is 1. The number of hydrogen-bond donors (Lipinski definition) is 1. The van der Waals surface area contributed by atoms with Gasteiger partial charge in [0.05, 0.1) is 5.92 Å². The molecule has 1 spiro atoms. The lowest BCUT2D eigenvalue weighted by atomic mass is 9.68. The van der Waals surface area contributed by atoms with Gasteiger partial charge < -0.3 is 10.2 Å². The summed E-state index contributed by atoms with van der Waals surface area (Å²) in [6.07, 6.45) is 2.23. The van der Waals surface area contributed by atoms with Gasteiger partial charge in [-0.3, -0.25) is 4.79 Å². The van der Waals surface area contributed by atoms with Gasteiger partial charge >= 0.3 is 0 Å². The van der Waals surface area contributed by atoms with Crippen molar-refractivity contribution in [1.29, 1.82) is 0 Å². The Kier molecular flexibility index (Phi) is 2.86. The van der Waals surface area contributed by atoms with Crippen molar-refractivity contribution in [3.05, 3.63) is 35.9 Å². The van der Waals surface area contributed by atoms with Gasteiger partial charge in [-0.05, 0) is 38.5 Å². The average Bonchev–Trinajstić information content (AvgIpc) is 2.72. The molecule has 0 saturated carbocycles. The first-order valence-electron chi connectivity index (χ1n) is 6.72. The zero-order valence-corrected chi connectivity index (χ0v) is 10.9. The molecule has 0 bridgehead atoms. The molecule has 1 atom stereocenters. The summed E-state index contributed by atoms with van der Waals surface area (Å²) in [7, 11) is 2.16. The van der Waals surface area contributed by atoms with E-state index in [1.165, 1.54) is 5.56 Å². The van der Waals surface area contributed by atoms with Gasteiger partial charge in [-0.2, -0.15) is 0 Å². The fraction of sp³-hybridized carbons (Fsp3) is 0.533. The van der Waals surface area contributed by atoms with E-state index in [4.69, 9.17) is 0 Å². The lowest BCUT2D eigenvalue weighted by Gasteiger charge is -2.40. The number of carbonyl (C=O) groups excluding carboxylic acids is 1. The van der Waals surface area contributed by atoms with Crippen LogP contribution >= 0.6 is 0 Å². The van der Waals surface area contributed by atoms with Crippen molar-refractivity contribution in [2.24, 2.45) is 5.41 Å². The zero-order chi connectivity index (χ0) is 12.6. The first-order chi connectivity index (χ1) is 8.71. The Bertz CT molecular complexity index is 435. The van der Waals surface area contributed by atoms with Crippen LogP contribution in [0.5, 0.6) is 0 Å². The van der Waals surface area contributed by atoms with Crippen LogP contribution in [0, 0.1) is 5.41 Å². The topological polar surface area (TPSA) is 32.3 Å². The van der Waals surface area contributed by atoms with Crippen LogP contribution in [-0.4, -0.2) is 37.5 Å². The number of nitrogens with one attached hydrogen (secondary N) is 1. The Morgan fingerprint density at radius 1 is 1.22 bits per heavy atom. The highest BCUT2D eigenvalue weighted by atomic mass is 16.2. The normalized spacial score (nSPS) is 27.4. The highest BCUT2D eigenvalue weighted by molar-refractivity contribution is 5.87. The molecule has 0 aliphatic carbocycles. The van der Waals surface area contributed by atoms with E-state index in [2.05, 4.69) is 29.4 Å². The predicted molar refractivity (Wildman–Crippen MR) is 71.4 cm³/mol. The van der Waals surface area contributed by atoms with E-state index >= 15 is 0 Å². The summed E-state index contributed by atoms with van der Waals surface area (Å²) < 4.78 is 0. The van der Waals surface area contributed by atoms with Gasteiger partial charge in [-0.1, -0.05) is 30.3 Å². The Hall–Kier alpha value is -1.35. The molecule has 3 heteroatoms. The van der Waals surface area contributed by atoms with Crippen molar-refractivity contribution in [2.45, 2.75) is 18.8 Å². The first-order valence-corrected chi connectivity index (χ1v) is 6.72. The van der Waals surface area contributed by atoms with Crippen LogP contribution < -0.4 is 5.32 Å². The van der Waals surface area contributed by atoms with Gasteiger partial charge in [0.25, 0.3) is 0 Å². The number of benzene rings is 1. The second-order valence-electron chi connectivity index (χ2n) is 5.73. The fourth-order valence-electron chi connectivity index (χ4n) is 3.43. The number of piperidine rings is 1. The molecule has 3 nitrogen and oxygen atoms in total. The van der Waals surface area contributed by atoms with Crippen molar-refractivity contribution in [2.75, 3.05) is 26.7 Å². The Morgan fingerprint density at radius 3 is 2.56 bits per heavy atom. The van der Waals surface area contributed by atoms with Crippen molar-refractivity contribution in [3.63, 3.8) is 0 Å². The van der Waals surface area contributed by atoms with Gasteiger partial charge in [0.15, 0.2) is 0 Å². The van der Waals surface area contributed by atoms with Crippen LogP contribution in [-0.2, 0) is 4.79 Å². The van der Waals surface area contributed by atoms with Crippen molar-refractivity contribution >= 4 is 5.91 Å². The van der Waals surface area contributed by atoms with Crippen LogP contribution in [0.25, 0.3) is 0 Å². The smallest absolute Gasteiger partial charge is 0.228 e. The molecule has 0 radical (unpaired) electrons. The molecule has 96 valence electrons. The lowest BCUT2D eigenvalue weighted by molar-refractivity contribution is -0.121. The third kappa shape index (κ3) is 1.83. The SMILES string of the molecule is CN1CCC2(CC1)CNC(=O)C2c1ccccc1. The maximum absolute atomic E-state index is 12.2. The summed E-state index contributed by atoms with van der Waals surface area (Å²) in [5, 5.41) is 3.09. The van der Waals surface area contributed by atoms with Crippen LogP contribution in [0.1, 0.15) is 24.3 Å². The highest BCUT2D eigenvalue weighted by Gasteiger charge is 2.49. The third-order valence-electron chi connectivity index (χ3n) is 4.60. The minimum atomic E-state index is 0.0485. The summed E-state index contributed by atoms with van der Waals surface area (Å²) >= 11 is 0. The largest absolute Gasteiger partial charge is 0.355 e. The van der Waals surface area contributed by atoms with E-state index in [1.807, 2.05) is 18.2 Å². The van der Waals surface area contributed by atoms with E-state index in [-0.39, 0.29) is 17.2 Å². The summed E-state index contributed by atoms with van der Waals surface area (Å²) in [5.74, 6) is 0.262. The van der Waals surface area contributed by atoms with Crippen molar-refractivity contribution in [1.82, 2.24) is 10.2 Å².